The maximum absolute atomic E-state index is 12.5. The van der Waals surface area contributed by atoms with Gasteiger partial charge in [0.05, 0.1) is 17.5 Å². The van der Waals surface area contributed by atoms with Crippen LogP contribution in [0.25, 0.3) is 0 Å². The third-order valence-electron chi connectivity index (χ3n) is 3.37. The topological polar surface area (TPSA) is 71.3 Å². The van der Waals surface area contributed by atoms with Gasteiger partial charge in [0.25, 0.3) is 0 Å². The molecule has 0 bridgehead atoms. The quantitative estimate of drug-likeness (QED) is 0.820. The van der Waals surface area contributed by atoms with Crippen LogP contribution in [0.15, 0.2) is 34.7 Å². The van der Waals surface area contributed by atoms with E-state index >= 15 is 0 Å². The first kappa shape index (κ1) is 16.2. The van der Waals surface area contributed by atoms with Crippen LogP contribution < -0.4 is 4.72 Å². The van der Waals surface area contributed by atoms with Crippen LogP contribution in [0.1, 0.15) is 36.9 Å². The van der Waals surface area contributed by atoms with Crippen LogP contribution in [0.4, 0.5) is 0 Å². The summed E-state index contributed by atoms with van der Waals surface area (Å²) in [4.78, 5) is 1.20. The zero-order valence-corrected chi connectivity index (χ0v) is 13.7. The number of nitrogens with one attached hydrogen (secondary N) is 1. The van der Waals surface area contributed by atoms with Gasteiger partial charge in [-0.15, -0.1) is 11.3 Å². The Morgan fingerprint density at radius 1 is 1.43 bits per heavy atom. The van der Waals surface area contributed by atoms with Crippen LogP contribution in [0, 0.1) is 0 Å². The lowest BCUT2D eigenvalue weighted by atomic mass is 10.2. The lowest BCUT2D eigenvalue weighted by molar-refractivity contribution is 0.271. The standard InChI is InChI=1S/C14H20N2O3S2/c1-3-13(14-6-5-7-20-14)15-21(18,19)12-8-11(10-17)16(4-2)9-12/h5-9,13,15,17H,3-4,10H2,1-2H3. The molecule has 0 fully saturated rings. The first-order valence-electron chi connectivity index (χ1n) is 6.87. The van der Waals surface area contributed by atoms with Crippen LogP contribution in [0.3, 0.4) is 0 Å². The second-order valence-electron chi connectivity index (χ2n) is 4.71. The number of sulfonamides is 1. The summed E-state index contributed by atoms with van der Waals surface area (Å²) in [5, 5.41) is 11.2. The fourth-order valence-corrected chi connectivity index (χ4v) is 4.48. The molecule has 0 amide bonds. The van der Waals surface area contributed by atoms with Crippen LogP contribution in [0.2, 0.25) is 0 Å². The highest BCUT2D eigenvalue weighted by molar-refractivity contribution is 7.89. The maximum atomic E-state index is 12.5. The molecule has 1 unspecified atom stereocenters. The van der Waals surface area contributed by atoms with Crippen molar-refractivity contribution in [1.82, 2.24) is 9.29 Å². The Bertz CT molecular complexity index is 654. The summed E-state index contributed by atoms with van der Waals surface area (Å²) in [6.45, 7) is 4.30. The largest absolute Gasteiger partial charge is 0.390 e. The van der Waals surface area contributed by atoms with E-state index in [4.69, 9.17) is 0 Å². The Balaban J connectivity index is 2.27. The molecule has 0 aliphatic carbocycles. The van der Waals surface area contributed by atoms with Crippen molar-refractivity contribution < 1.29 is 13.5 Å². The van der Waals surface area contributed by atoms with E-state index in [1.165, 1.54) is 17.4 Å². The Morgan fingerprint density at radius 2 is 2.19 bits per heavy atom. The molecule has 21 heavy (non-hydrogen) atoms. The molecule has 2 N–H and O–H groups in total. The molecule has 2 heterocycles. The van der Waals surface area contributed by atoms with Gasteiger partial charge in [0.15, 0.2) is 0 Å². The normalized spacial score (nSPS) is 13.5. The number of aliphatic hydroxyl groups is 1. The van der Waals surface area contributed by atoms with Gasteiger partial charge in [-0.05, 0) is 30.9 Å². The molecule has 2 rings (SSSR count). The Labute approximate surface area is 129 Å². The van der Waals surface area contributed by atoms with Crippen LogP contribution >= 0.6 is 11.3 Å². The van der Waals surface area contributed by atoms with Gasteiger partial charge in [-0.2, -0.15) is 0 Å². The predicted octanol–water partition coefficient (Wildman–Crippen LogP) is 2.49. The highest BCUT2D eigenvalue weighted by Crippen LogP contribution is 2.24. The monoisotopic (exact) mass is 328 g/mol. The van der Waals surface area contributed by atoms with Gasteiger partial charge in [-0.1, -0.05) is 13.0 Å². The summed E-state index contributed by atoms with van der Waals surface area (Å²) >= 11 is 1.54. The summed E-state index contributed by atoms with van der Waals surface area (Å²) < 4.78 is 29.5. The van der Waals surface area contributed by atoms with Gasteiger partial charge >= 0.3 is 0 Å². The van der Waals surface area contributed by atoms with Crippen molar-refractivity contribution in [1.29, 1.82) is 0 Å². The van der Waals surface area contributed by atoms with Crippen molar-refractivity contribution in [3.05, 3.63) is 40.3 Å². The third kappa shape index (κ3) is 3.55. The van der Waals surface area contributed by atoms with Gasteiger partial charge in [0.1, 0.15) is 0 Å². The van der Waals surface area contributed by atoms with Crippen LogP contribution in [-0.4, -0.2) is 18.1 Å². The van der Waals surface area contributed by atoms with E-state index in [0.29, 0.717) is 18.7 Å². The minimum absolute atomic E-state index is 0.175. The molecule has 0 saturated carbocycles. The summed E-state index contributed by atoms with van der Waals surface area (Å²) in [5.41, 5.74) is 0.599. The summed E-state index contributed by atoms with van der Waals surface area (Å²) in [7, 11) is -3.59. The molecule has 0 aliphatic rings. The number of thiophene rings is 1. The van der Waals surface area contributed by atoms with E-state index in [2.05, 4.69) is 4.72 Å². The molecule has 0 aromatic carbocycles. The molecular weight excluding hydrogens is 308 g/mol. The number of aliphatic hydroxyl groups excluding tert-OH is 1. The summed E-state index contributed by atoms with van der Waals surface area (Å²) in [6, 6.07) is 5.14. The van der Waals surface area contributed by atoms with Gasteiger partial charge in [0.2, 0.25) is 10.0 Å². The second-order valence-corrected chi connectivity index (χ2v) is 7.40. The maximum Gasteiger partial charge on any atom is 0.242 e. The highest BCUT2D eigenvalue weighted by atomic mass is 32.2. The molecule has 2 aromatic heterocycles. The SMILES string of the molecule is CCC(NS(=O)(=O)c1cc(CO)n(CC)c1)c1cccs1. The molecule has 1 atom stereocenters. The zero-order valence-electron chi connectivity index (χ0n) is 12.1. The van der Waals surface area contributed by atoms with E-state index in [1.54, 1.807) is 10.8 Å². The lowest BCUT2D eigenvalue weighted by Crippen LogP contribution is -2.27. The average molecular weight is 328 g/mol. The van der Waals surface area contributed by atoms with Crippen LogP contribution in [0.5, 0.6) is 0 Å². The van der Waals surface area contributed by atoms with Crippen molar-refractivity contribution in [3.8, 4) is 0 Å². The number of hydrogen-bond donors (Lipinski definition) is 2. The molecule has 2 aromatic rings. The fraction of sp³-hybridized carbons (Fsp3) is 0.429. The molecule has 5 nitrogen and oxygen atoms in total. The van der Waals surface area contributed by atoms with Gasteiger partial charge in [0, 0.05) is 23.3 Å². The molecule has 7 heteroatoms. The number of nitrogens with zero attached hydrogens (tertiary/aromatic N) is 1. The van der Waals surface area contributed by atoms with E-state index in [1.807, 2.05) is 31.4 Å². The molecule has 116 valence electrons. The van der Waals surface area contributed by atoms with Crippen molar-refractivity contribution in [2.75, 3.05) is 0 Å². The minimum Gasteiger partial charge on any atom is -0.390 e. The van der Waals surface area contributed by atoms with Gasteiger partial charge < -0.3 is 9.67 Å². The highest BCUT2D eigenvalue weighted by Gasteiger charge is 2.23. The predicted molar refractivity (Wildman–Crippen MR) is 83.7 cm³/mol. The Morgan fingerprint density at radius 3 is 2.67 bits per heavy atom. The summed E-state index contributed by atoms with van der Waals surface area (Å²) in [5.74, 6) is 0. The van der Waals surface area contributed by atoms with E-state index in [0.717, 1.165) is 4.88 Å². The van der Waals surface area contributed by atoms with Crippen molar-refractivity contribution in [3.63, 3.8) is 0 Å². The van der Waals surface area contributed by atoms with E-state index < -0.39 is 10.0 Å². The molecular formula is C14H20N2O3S2. The fourth-order valence-electron chi connectivity index (χ4n) is 2.19. The minimum atomic E-state index is -3.59. The average Bonchev–Trinajstić information content (AvgIpc) is 3.13. The molecule has 0 spiro atoms. The lowest BCUT2D eigenvalue weighted by Gasteiger charge is -2.14. The number of aromatic nitrogens is 1. The third-order valence-corrected chi connectivity index (χ3v) is 5.79. The van der Waals surface area contributed by atoms with Crippen LogP contribution in [-0.2, 0) is 23.2 Å². The second kappa shape index (κ2) is 6.74. The number of hydrogen-bond acceptors (Lipinski definition) is 4. The number of aryl methyl sites for hydroxylation is 1. The molecule has 0 radical (unpaired) electrons. The molecule has 0 aliphatic heterocycles. The van der Waals surface area contributed by atoms with Gasteiger partial charge in [-0.3, -0.25) is 0 Å². The zero-order chi connectivity index (χ0) is 15.5. The van der Waals surface area contributed by atoms with E-state index in [9.17, 15) is 13.5 Å². The van der Waals surface area contributed by atoms with Crippen molar-refractivity contribution >= 4 is 21.4 Å². The first-order chi connectivity index (χ1) is 10.0. The van der Waals surface area contributed by atoms with Crippen molar-refractivity contribution in [2.24, 2.45) is 0 Å². The Kier molecular flexibility index (Phi) is 5.21. The smallest absolute Gasteiger partial charge is 0.242 e. The molecule has 0 saturated heterocycles. The van der Waals surface area contributed by atoms with Gasteiger partial charge in [-0.25, -0.2) is 13.1 Å². The van der Waals surface area contributed by atoms with E-state index in [-0.39, 0.29) is 17.5 Å². The van der Waals surface area contributed by atoms with Crippen molar-refractivity contribution in [2.45, 2.75) is 44.4 Å². The number of rotatable bonds is 7. The summed E-state index contributed by atoms with van der Waals surface area (Å²) in [6.07, 6.45) is 2.25. The Hall–Kier alpha value is -1.15. The first-order valence-corrected chi connectivity index (χ1v) is 9.23.